The average Bonchev–Trinajstić information content (AvgIpc) is 2.88. The Morgan fingerprint density at radius 1 is 1.37 bits per heavy atom. The summed E-state index contributed by atoms with van der Waals surface area (Å²) in [5.74, 6) is 0.0706. The van der Waals surface area contributed by atoms with E-state index in [0.29, 0.717) is 12.6 Å². The third-order valence-corrected chi connectivity index (χ3v) is 4.86. The summed E-state index contributed by atoms with van der Waals surface area (Å²) in [6.07, 6.45) is 5.86. The van der Waals surface area contributed by atoms with Gasteiger partial charge in [0.15, 0.2) is 0 Å². The molecule has 2 atom stereocenters. The molecule has 4 heteroatoms. The van der Waals surface area contributed by atoms with E-state index in [2.05, 4.69) is 23.5 Å². The van der Waals surface area contributed by atoms with Crippen molar-refractivity contribution in [2.45, 2.75) is 30.6 Å². The first-order valence-electron chi connectivity index (χ1n) is 6.77. The Hall–Kier alpha value is -1.00. The smallest absolute Gasteiger partial charge is 0.238 e. The number of hydrogen-bond donors (Lipinski definition) is 1. The molecule has 1 N–H and O–H groups in total. The van der Waals surface area contributed by atoms with E-state index in [1.54, 1.807) is 0 Å². The van der Waals surface area contributed by atoms with Gasteiger partial charge in [-0.3, -0.25) is 9.69 Å². The van der Waals surface area contributed by atoms with Crippen LogP contribution in [-0.4, -0.2) is 41.9 Å². The minimum absolute atomic E-state index is 0.0706. The second-order valence-corrected chi connectivity index (χ2v) is 6.29. The summed E-state index contributed by atoms with van der Waals surface area (Å²) in [5, 5.41) is 3.70. The number of benzene rings is 1. The van der Waals surface area contributed by atoms with Gasteiger partial charge in [0.25, 0.3) is 0 Å². The van der Waals surface area contributed by atoms with Gasteiger partial charge in [-0.25, -0.2) is 0 Å². The van der Waals surface area contributed by atoms with Crippen LogP contribution in [0.25, 0.3) is 0 Å². The number of nitrogens with zero attached hydrogens (tertiary/aromatic N) is 1. The summed E-state index contributed by atoms with van der Waals surface area (Å²) in [6, 6.07) is 10.2. The lowest BCUT2D eigenvalue weighted by atomic mass is 10.2. The zero-order chi connectivity index (χ0) is 13.7. The van der Waals surface area contributed by atoms with Crippen LogP contribution >= 0.6 is 11.8 Å². The molecule has 0 heterocycles. The molecule has 1 aromatic carbocycles. The van der Waals surface area contributed by atoms with Gasteiger partial charge < -0.3 is 5.32 Å². The molecule has 2 rings (SSSR count). The van der Waals surface area contributed by atoms with E-state index in [0.717, 1.165) is 10.9 Å². The lowest BCUT2D eigenvalue weighted by molar-refractivity contribution is -0.117. The van der Waals surface area contributed by atoms with Gasteiger partial charge in [-0.1, -0.05) is 18.2 Å². The van der Waals surface area contributed by atoms with Crippen molar-refractivity contribution in [2.24, 2.45) is 0 Å². The highest BCUT2D eigenvalue weighted by Gasteiger charge is 2.27. The fourth-order valence-corrected chi connectivity index (χ4v) is 3.40. The highest BCUT2D eigenvalue weighted by atomic mass is 32.2. The first-order chi connectivity index (χ1) is 9.19. The predicted octanol–water partition coefficient (Wildman–Crippen LogP) is 2.84. The van der Waals surface area contributed by atoms with Crippen molar-refractivity contribution in [3.8, 4) is 0 Å². The fraction of sp³-hybridized carbons (Fsp3) is 0.533. The van der Waals surface area contributed by atoms with E-state index in [-0.39, 0.29) is 5.91 Å². The third-order valence-electron chi connectivity index (χ3n) is 3.76. The Morgan fingerprint density at radius 2 is 2.11 bits per heavy atom. The van der Waals surface area contributed by atoms with Gasteiger partial charge >= 0.3 is 0 Å². The van der Waals surface area contributed by atoms with Gasteiger partial charge in [0.2, 0.25) is 5.91 Å². The van der Waals surface area contributed by atoms with Gasteiger partial charge in [-0.2, -0.15) is 11.8 Å². The topological polar surface area (TPSA) is 32.3 Å². The maximum atomic E-state index is 12.0. The highest BCUT2D eigenvalue weighted by Crippen LogP contribution is 2.30. The molecule has 0 bridgehead atoms. The Kier molecular flexibility index (Phi) is 5.28. The molecule has 1 amide bonds. The fourth-order valence-electron chi connectivity index (χ4n) is 2.61. The van der Waals surface area contributed by atoms with Gasteiger partial charge in [0.1, 0.15) is 0 Å². The van der Waals surface area contributed by atoms with E-state index in [9.17, 15) is 4.79 Å². The number of carbonyl (C=O) groups is 1. The lowest BCUT2D eigenvalue weighted by Crippen LogP contribution is -2.36. The number of carbonyl (C=O) groups excluding carboxylic acids is 1. The second kappa shape index (κ2) is 6.96. The highest BCUT2D eigenvalue weighted by molar-refractivity contribution is 7.99. The van der Waals surface area contributed by atoms with Crippen LogP contribution in [0.2, 0.25) is 0 Å². The zero-order valence-electron chi connectivity index (χ0n) is 11.6. The van der Waals surface area contributed by atoms with Gasteiger partial charge in [0.05, 0.1) is 6.54 Å². The third kappa shape index (κ3) is 4.25. The van der Waals surface area contributed by atoms with Gasteiger partial charge in [-0.05, 0) is 44.7 Å². The van der Waals surface area contributed by atoms with Crippen LogP contribution in [-0.2, 0) is 4.79 Å². The summed E-state index contributed by atoms with van der Waals surface area (Å²) >= 11 is 1.95. The minimum Gasteiger partial charge on any atom is -0.325 e. The Morgan fingerprint density at radius 3 is 2.74 bits per heavy atom. The average molecular weight is 278 g/mol. The SMILES string of the molecule is CS[C@@H]1CC[C@@H](N(C)CC(=O)Nc2ccccc2)C1. The molecular formula is C15H22N2OS. The monoisotopic (exact) mass is 278 g/mol. The Balaban J connectivity index is 1.79. The standard InChI is InChI=1S/C15H22N2OS/c1-17(13-8-9-14(10-13)19-2)11-15(18)16-12-6-4-3-5-7-12/h3-7,13-14H,8-11H2,1-2H3,(H,16,18)/t13-,14-/m1/s1. The number of amides is 1. The summed E-state index contributed by atoms with van der Waals surface area (Å²) in [7, 11) is 2.05. The molecule has 1 fully saturated rings. The first kappa shape index (κ1) is 14.4. The van der Waals surface area contributed by atoms with Crippen LogP contribution in [0.3, 0.4) is 0 Å². The maximum Gasteiger partial charge on any atom is 0.238 e. The number of likely N-dealkylation sites (N-methyl/N-ethyl adjacent to an activating group) is 1. The molecule has 0 unspecified atom stereocenters. The molecule has 0 radical (unpaired) electrons. The zero-order valence-corrected chi connectivity index (χ0v) is 12.5. The number of hydrogen-bond acceptors (Lipinski definition) is 3. The van der Waals surface area contributed by atoms with Crippen molar-refractivity contribution in [1.82, 2.24) is 4.90 Å². The van der Waals surface area contributed by atoms with Crippen molar-refractivity contribution >= 4 is 23.4 Å². The van der Waals surface area contributed by atoms with E-state index in [1.165, 1.54) is 19.3 Å². The Labute approximate surface area is 119 Å². The maximum absolute atomic E-state index is 12.0. The van der Waals surface area contributed by atoms with Crippen LogP contribution in [0, 0.1) is 0 Å². The molecule has 0 aliphatic heterocycles. The van der Waals surface area contributed by atoms with Crippen LogP contribution < -0.4 is 5.32 Å². The van der Waals surface area contributed by atoms with E-state index >= 15 is 0 Å². The summed E-state index contributed by atoms with van der Waals surface area (Å²) in [5.41, 5.74) is 0.870. The molecule has 0 aromatic heterocycles. The van der Waals surface area contributed by atoms with Crippen molar-refractivity contribution in [3.63, 3.8) is 0 Å². The molecular weight excluding hydrogens is 256 g/mol. The first-order valence-corrected chi connectivity index (χ1v) is 8.05. The molecule has 1 aliphatic rings. The predicted molar refractivity (Wildman–Crippen MR) is 82.6 cm³/mol. The molecule has 1 aliphatic carbocycles. The normalized spacial score (nSPS) is 22.7. The minimum atomic E-state index is 0.0706. The molecule has 1 saturated carbocycles. The molecule has 0 saturated heterocycles. The Bertz CT molecular complexity index is 410. The summed E-state index contributed by atoms with van der Waals surface area (Å²) in [4.78, 5) is 14.2. The largest absolute Gasteiger partial charge is 0.325 e. The molecule has 19 heavy (non-hydrogen) atoms. The number of anilines is 1. The number of para-hydroxylation sites is 1. The van der Waals surface area contributed by atoms with Crippen LogP contribution in [0.15, 0.2) is 30.3 Å². The summed E-state index contributed by atoms with van der Waals surface area (Å²) in [6.45, 7) is 0.473. The second-order valence-electron chi connectivity index (χ2n) is 5.15. The molecule has 104 valence electrons. The lowest BCUT2D eigenvalue weighted by Gasteiger charge is -2.23. The molecule has 1 aromatic rings. The van der Waals surface area contributed by atoms with Crippen LogP contribution in [0.5, 0.6) is 0 Å². The number of rotatable bonds is 5. The summed E-state index contributed by atoms with van der Waals surface area (Å²) < 4.78 is 0. The number of nitrogens with one attached hydrogen (secondary N) is 1. The van der Waals surface area contributed by atoms with Gasteiger partial charge in [-0.15, -0.1) is 0 Å². The van der Waals surface area contributed by atoms with Gasteiger partial charge in [0, 0.05) is 17.0 Å². The van der Waals surface area contributed by atoms with Crippen molar-refractivity contribution < 1.29 is 4.79 Å². The van der Waals surface area contributed by atoms with Crippen molar-refractivity contribution in [1.29, 1.82) is 0 Å². The van der Waals surface area contributed by atoms with Crippen LogP contribution in [0.4, 0.5) is 5.69 Å². The molecule has 0 spiro atoms. The quantitative estimate of drug-likeness (QED) is 0.899. The van der Waals surface area contributed by atoms with Crippen molar-refractivity contribution in [3.05, 3.63) is 30.3 Å². The van der Waals surface area contributed by atoms with E-state index < -0.39 is 0 Å². The number of thioether (sulfide) groups is 1. The molecule has 3 nitrogen and oxygen atoms in total. The van der Waals surface area contributed by atoms with Crippen LogP contribution in [0.1, 0.15) is 19.3 Å². The van der Waals surface area contributed by atoms with E-state index in [4.69, 9.17) is 0 Å². The van der Waals surface area contributed by atoms with Crippen molar-refractivity contribution in [2.75, 3.05) is 25.2 Å². The van der Waals surface area contributed by atoms with E-state index in [1.807, 2.05) is 42.1 Å².